The van der Waals surface area contributed by atoms with Gasteiger partial charge in [-0.05, 0) is 44.5 Å². The molecular formula is C40H28N2. The summed E-state index contributed by atoms with van der Waals surface area (Å²) in [7, 11) is 0. The summed E-state index contributed by atoms with van der Waals surface area (Å²) in [6.07, 6.45) is 5.41. The van der Waals surface area contributed by atoms with Crippen molar-refractivity contribution in [2.24, 2.45) is 0 Å². The number of nitrogens with zero attached hydrogens (tertiary/aromatic N) is 2. The normalized spacial score (nSPS) is 10.9. The second kappa shape index (κ2) is 11.5. The number of benzene rings is 6. The van der Waals surface area contributed by atoms with Crippen LogP contribution in [0.4, 0.5) is 0 Å². The van der Waals surface area contributed by atoms with E-state index in [2.05, 4.69) is 157 Å². The van der Waals surface area contributed by atoms with Crippen LogP contribution in [0.25, 0.3) is 66.9 Å². The van der Waals surface area contributed by atoms with Crippen molar-refractivity contribution in [1.29, 1.82) is 0 Å². The standard InChI is InChI=1S/C40H28N2/c1-6-16-29(17-7-1)35-36(30-18-8-2-9-19-30)38(32-22-12-4-13-23-32)40(34-28-41-26-27-42-34)39(33-24-14-5-15-25-33)37(35)31-20-10-3-11-21-31/h1-28H. The van der Waals surface area contributed by atoms with Gasteiger partial charge in [-0.1, -0.05) is 152 Å². The molecule has 7 rings (SSSR count). The largest absolute Gasteiger partial charge is 0.261 e. The van der Waals surface area contributed by atoms with Crippen LogP contribution in [0.5, 0.6) is 0 Å². The summed E-state index contributed by atoms with van der Waals surface area (Å²) >= 11 is 0. The highest BCUT2D eigenvalue weighted by molar-refractivity contribution is 6.14. The number of aromatic nitrogens is 2. The molecule has 0 spiro atoms. The zero-order valence-corrected chi connectivity index (χ0v) is 23.1. The zero-order chi connectivity index (χ0) is 28.1. The summed E-state index contributed by atoms with van der Waals surface area (Å²) in [5.41, 5.74) is 13.4. The Morgan fingerprint density at radius 3 is 0.833 bits per heavy atom. The summed E-state index contributed by atoms with van der Waals surface area (Å²) in [5, 5.41) is 0. The van der Waals surface area contributed by atoms with E-state index in [-0.39, 0.29) is 0 Å². The van der Waals surface area contributed by atoms with E-state index in [0.29, 0.717) is 0 Å². The fourth-order valence-corrected chi connectivity index (χ4v) is 5.90. The Labute approximate surface area is 246 Å². The highest BCUT2D eigenvalue weighted by Gasteiger charge is 2.29. The van der Waals surface area contributed by atoms with Crippen LogP contribution in [-0.2, 0) is 0 Å². The maximum absolute atomic E-state index is 4.93. The molecule has 0 saturated heterocycles. The molecule has 0 amide bonds. The number of hydrogen-bond acceptors (Lipinski definition) is 2. The third-order valence-corrected chi connectivity index (χ3v) is 7.63. The summed E-state index contributed by atoms with van der Waals surface area (Å²) in [6.45, 7) is 0. The average Bonchev–Trinajstić information content (AvgIpc) is 3.09. The van der Waals surface area contributed by atoms with E-state index < -0.39 is 0 Å². The van der Waals surface area contributed by atoms with Crippen molar-refractivity contribution < 1.29 is 0 Å². The lowest BCUT2D eigenvalue weighted by Crippen LogP contribution is -2.02. The maximum Gasteiger partial charge on any atom is 0.0898 e. The molecule has 0 unspecified atom stereocenters. The van der Waals surface area contributed by atoms with E-state index in [1.165, 1.54) is 16.7 Å². The quantitative estimate of drug-likeness (QED) is 0.211. The van der Waals surface area contributed by atoms with Crippen molar-refractivity contribution in [2.45, 2.75) is 0 Å². The summed E-state index contributed by atoms with van der Waals surface area (Å²) < 4.78 is 0. The molecule has 7 aromatic rings. The molecule has 6 aromatic carbocycles. The minimum atomic E-state index is 0.837. The zero-order valence-electron chi connectivity index (χ0n) is 23.1. The second-order valence-corrected chi connectivity index (χ2v) is 10.2. The van der Waals surface area contributed by atoms with Gasteiger partial charge in [0, 0.05) is 29.1 Å². The fraction of sp³-hybridized carbons (Fsp3) is 0. The number of hydrogen-bond donors (Lipinski definition) is 0. The van der Waals surface area contributed by atoms with Gasteiger partial charge in [-0.15, -0.1) is 0 Å². The lowest BCUT2D eigenvalue weighted by atomic mass is 9.75. The topological polar surface area (TPSA) is 25.8 Å². The van der Waals surface area contributed by atoms with E-state index in [0.717, 1.165) is 50.2 Å². The van der Waals surface area contributed by atoms with Crippen molar-refractivity contribution in [1.82, 2.24) is 9.97 Å². The molecule has 0 atom stereocenters. The first-order chi connectivity index (χ1) is 20.9. The van der Waals surface area contributed by atoms with Crippen LogP contribution in [0.1, 0.15) is 0 Å². The van der Waals surface area contributed by atoms with Gasteiger partial charge in [0.05, 0.1) is 11.9 Å². The van der Waals surface area contributed by atoms with Gasteiger partial charge in [0.2, 0.25) is 0 Å². The van der Waals surface area contributed by atoms with Crippen LogP contribution in [0.2, 0.25) is 0 Å². The van der Waals surface area contributed by atoms with Crippen molar-refractivity contribution >= 4 is 0 Å². The molecule has 42 heavy (non-hydrogen) atoms. The first-order valence-corrected chi connectivity index (χ1v) is 14.2. The van der Waals surface area contributed by atoms with E-state index in [4.69, 9.17) is 4.98 Å². The van der Waals surface area contributed by atoms with Crippen molar-refractivity contribution in [3.8, 4) is 66.9 Å². The first kappa shape index (κ1) is 25.4. The van der Waals surface area contributed by atoms with Gasteiger partial charge in [0.1, 0.15) is 0 Å². The summed E-state index contributed by atoms with van der Waals surface area (Å²) in [6, 6.07) is 53.7. The second-order valence-electron chi connectivity index (χ2n) is 10.2. The Hall–Kier alpha value is -5.60. The molecular weight excluding hydrogens is 508 g/mol. The van der Waals surface area contributed by atoms with Gasteiger partial charge in [-0.2, -0.15) is 0 Å². The molecule has 0 aliphatic carbocycles. The molecule has 0 fully saturated rings. The van der Waals surface area contributed by atoms with Crippen LogP contribution in [0.15, 0.2) is 170 Å². The molecule has 2 nitrogen and oxygen atoms in total. The van der Waals surface area contributed by atoms with E-state index in [1.807, 2.05) is 6.20 Å². The number of rotatable bonds is 6. The molecule has 0 aliphatic rings. The molecule has 0 radical (unpaired) electrons. The highest BCUT2D eigenvalue weighted by Crippen LogP contribution is 2.55. The predicted molar refractivity (Wildman–Crippen MR) is 175 cm³/mol. The van der Waals surface area contributed by atoms with Gasteiger partial charge in [-0.3, -0.25) is 9.97 Å². The lowest BCUT2D eigenvalue weighted by Gasteiger charge is -2.28. The summed E-state index contributed by atoms with van der Waals surface area (Å²) in [5.74, 6) is 0. The van der Waals surface area contributed by atoms with Crippen LogP contribution < -0.4 is 0 Å². The molecule has 2 heteroatoms. The molecule has 1 aromatic heterocycles. The Morgan fingerprint density at radius 2 is 0.571 bits per heavy atom. The third-order valence-electron chi connectivity index (χ3n) is 7.63. The van der Waals surface area contributed by atoms with E-state index in [1.54, 1.807) is 12.4 Å². The monoisotopic (exact) mass is 536 g/mol. The van der Waals surface area contributed by atoms with Crippen molar-refractivity contribution in [3.63, 3.8) is 0 Å². The first-order valence-electron chi connectivity index (χ1n) is 14.2. The van der Waals surface area contributed by atoms with Gasteiger partial charge in [0.15, 0.2) is 0 Å². The van der Waals surface area contributed by atoms with Crippen LogP contribution in [0, 0.1) is 0 Å². The van der Waals surface area contributed by atoms with E-state index in [9.17, 15) is 0 Å². The maximum atomic E-state index is 4.93. The molecule has 198 valence electrons. The van der Waals surface area contributed by atoms with E-state index >= 15 is 0 Å². The van der Waals surface area contributed by atoms with Crippen molar-refractivity contribution in [2.75, 3.05) is 0 Å². The average molecular weight is 537 g/mol. The Morgan fingerprint density at radius 1 is 0.286 bits per heavy atom. The lowest BCUT2D eigenvalue weighted by molar-refractivity contribution is 1.21. The van der Waals surface area contributed by atoms with Gasteiger partial charge >= 0.3 is 0 Å². The molecule has 0 aliphatic heterocycles. The Kier molecular flexibility index (Phi) is 6.94. The molecule has 0 N–H and O–H groups in total. The smallest absolute Gasteiger partial charge is 0.0898 e. The molecule has 1 heterocycles. The Bertz CT molecular complexity index is 1520. The Balaban J connectivity index is 1.81. The van der Waals surface area contributed by atoms with Gasteiger partial charge < -0.3 is 0 Å². The molecule has 0 saturated carbocycles. The third kappa shape index (κ3) is 4.70. The van der Waals surface area contributed by atoms with Crippen LogP contribution >= 0.6 is 0 Å². The highest BCUT2D eigenvalue weighted by atomic mass is 14.8. The summed E-state index contributed by atoms with van der Waals surface area (Å²) in [4.78, 5) is 9.48. The predicted octanol–water partition coefficient (Wildman–Crippen LogP) is 10.5. The minimum Gasteiger partial charge on any atom is -0.261 e. The van der Waals surface area contributed by atoms with Crippen molar-refractivity contribution in [3.05, 3.63) is 170 Å². The molecule has 0 bridgehead atoms. The van der Waals surface area contributed by atoms with Gasteiger partial charge in [-0.25, -0.2) is 0 Å². The van der Waals surface area contributed by atoms with Crippen LogP contribution in [-0.4, -0.2) is 9.97 Å². The SMILES string of the molecule is c1ccc(-c2c(-c3ccccc3)c(-c3ccccc3)c(-c3cnccn3)c(-c3ccccc3)c2-c2ccccc2)cc1. The van der Waals surface area contributed by atoms with Crippen LogP contribution in [0.3, 0.4) is 0 Å². The fourth-order valence-electron chi connectivity index (χ4n) is 5.90. The minimum absolute atomic E-state index is 0.837. The van der Waals surface area contributed by atoms with Gasteiger partial charge in [0.25, 0.3) is 0 Å².